The number of aromatic nitrogens is 2. The molecule has 0 radical (unpaired) electrons. The zero-order chi connectivity index (χ0) is 18.7. The van der Waals surface area contributed by atoms with E-state index in [0.29, 0.717) is 11.4 Å². The van der Waals surface area contributed by atoms with E-state index in [9.17, 15) is 18.4 Å². The Hall–Kier alpha value is -2.97. The Morgan fingerprint density at radius 1 is 1.28 bits per heavy atom. The summed E-state index contributed by atoms with van der Waals surface area (Å²) in [4.78, 5) is 25.9. The number of aryl methyl sites for hydroxylation is 1. The highest BCUT2D eigenvalue weighted by Crippen LogP contribution is 2.24. The number of methoxy groups -OCH3 is 1. The van der Waals surface area contributed by atoms with Crippen LogP contribution in [0.15, 0.2) is 24.3 Å². The SMILES string of the molecule is COc1ccc(NC(=O)c2cc(C(F)F)nn2C)cc1C(=O)N(C)C. The van der Waals surface area contributed by atoms with E-state index in [1.165, 1.54) is 25.1 Å². The fourth-order valence-electron chi connectivity index (χ4n) is 2.20. The molecule has 2 rings (SSSR count). The molecular weight excluding hydrogens is 334 g/mol. The first kappa shape index (κ1) is 18.4. The van der Waals surface area contributed by atoms with Crippen molar-refractivity contribution in [2.45, 2.75) is 6.43 Å². The second kappa shape index (κ2) is 7.29. The molecule has 7 nitrogen and oxygen atoms in total. The number of carbonyl (C=O) groups excluding carboxylic acids is 2. The Balaban J connectivity index is 2.29. The lowest BCUT2D eigenvalue weighted by atomic mass is 10.1. The van der Waals surface area contributed by atoms with E-state index >= 15 is 0 Å². The van der Waals surface area contributed by atoms with Gasteiger partial charge >= 0.3 is 0 Å². The summed E-state index contributed by atoms with van der Waals surface area (Å²) in [6.45, 7) is 0. The van der Waals surface area contributed by atoms with Crippen molar-refractivity contribution >= 4 is 17.5 Å². The predicted octanol–water partition coefficient (Wildman–Crippen LogP) is 2.32. The van der Waals surface area contributed by atoms with Crippen molar-refractivity contribution in [1.29, 1.82) is 0 Å². The van der Waals surface area contributed by atoms with Crippen molar-refractivity contribution in [3.05, 3.63) is 41.2 Å². The van der Waals surface area contributed by atoms with Crippen molar-refractivity contribution < 1.29 is 23.1 Å². The van der Waals surface area contributed by atoms with Crippen LogP contribution in [0.4, 0.5) is 14.5 Å². The number of hydrogen-bond donors (Lipinski definition) is 1. The molecule has 0 saturated heterocycles. The molecule has 0 aliphatic carbocycles. The summed E-state index contributed by atoms with van der Waals surface area (Å²) in [5.41, 5.74) is 0.0943. The quantitative estimate of drug-likeness (QED) is 0.896. The number of benzene rings is 1. The van der Waals surface area contributed by atoms with Gasteiger partial charge < -0.3 is 15.0 Å². The summed E-state index contributed by atoms with van der Waals surface area (Å²) in [6, 6.07) is 5.58. The van der Waals surface area contributed by atoms with Crippen LogP contribution in [0.3, 0.4) is 0 Å². The molecule has 25 heavy (non-hydrogen) atoms. The monoisotopic (exact) mass is 352 g/mol. The maximum atomic E-state index is 12.7. The fourth-order valence-corrected chi connectivity index (χ4v) is 2.20. The molecule has 1 N–H and O–H groups in total. The highest BCUT2D eigenvalue weighted by Gasteiger charge is 2.20. The second-order valence-corrected chi connectivity index (χ2v) is 5.45. The number of hydrogen-bond acceptors (Lipinski definition) is 4. The van der Waals surface area contributed by atoms with Crippen LogP contribution in [-0.4, -0.2) is 47.7 Å². The molecule has 1 aromatic carbocycles. The maximum absolute atomic E-state index is 12.7. The largest absolute Gasteiger partial charge is 0.496 e. The third kappa shape index (κ3) is 3.93. The van der Waals surface area contributed by atoms with Crippen molar-refractivity contribution in [1.82, 2.24) is 14.7 Å². The number of nitrogens with zero attached hydrogens (tertiary/aromatic N) is 3. The normalized spacial score (nSPS) is 10.7. The molecule has 134 valence electrons. The minimum atomic E-state index is -2.77. The zero-order valence-corrected chi connectivity index (χ0v) is 14.2. The van der Waals surface area contributed by atoms with Gasteiger partial charge in [0.05, 0.1) is 12.7 Å². The molecule has 0 fully saturated rings. The summed E-state index contributed by atoms with van der Waals surface area (Å²) in [6.07, 6.45) is -2.77. The summed E-state index contributed by atoms with van der Waals surface area (Å²) >= 11 is 0. The Morgan fingerprint density at radius 3 is 2.48 bits per heavy atom. The molecule has 2 aromatic rings. The molecule has 1 heterocycles. The highest BCUT2D eigenvalue weighted by molar-refractivity contribution is 6.04. The number of carbonyl (C=O) groups is 2. The van der Waals surface area contributed by atoms with E-state index in [2.05, 4.69) is 10.4 Å². The highest BCUT2D eigenvalue weighted by atomic mass is 19.3. The lowest BCUT2D eigenvalue weighted by Gasteiger charge is -2.15. The molecule has 2 amide bonds. The fraction of sp³-hybridized carbons (Fsp3) is 0.312. The summed E-state index contributed by atoms with van der Waals surface area (Å²) in [5, 5.41) is 6.16. The van der Waals surface area contributed by atoms with E-state index in [4.69, 9.17) is 4.74 Å². The van der Waals surface area contributed by atoms with Crippen LogP contribution in [0.5, 0.6) is 5.75 Å². The zero-order valence-electron chi connectivity index (χ0n) is 14.2. The second-order valence-electron chi connectivity index (χ2n) is 5.45. The van der Waals surface area contributed by atoms with Gasteiger partial charge in [-0.1, -0.05) is 0 Å². The topological polar surface area (TPSA) is 76.5 Å². The lowest BCUT2D eigenvalue weighted by Crippen LogP contribution is -2.23. The van der Waals surface area contributed by atoms with Crippen LogP contribution in [0, 0.1) is 0 Å². The van der Waals surface area contributed by atoms with Crippen LogP contribution in [0.25, 0.3) is 0 Å². The Kier molecular flexibility index (Phi) is 5.35. The molecule has 0 saturated carbocycles. The van der Waals surface area contributed by atoms with Gasteiger partial charge in [0.1, 0.15) is 17.1 Å². The van der Waals surface area contributed by atoms with Crippen molar-refractivity contribution in [3.63, 3.8) is 0 Å². The average Bonchev–Trinajstić information content (AvgIpc) is 2.96. The first-order valence-electron chi connectivity index (χ1n) is 7.27. The average molecular weight is 352 g/mol. The van der Waals surface area contributed by atoms with Crippen LogP contribution in [0.2, 0.25) is 0 Å². The van der Waals surface area contributed by atoms with Gasteiger partial charge in [-0.3, -0.25) is 14.3 Å². The van der Waals surface area contributed by atoms with Crippen molar-refractivity contribution in [3.8, 4) is 5.75 Å². The standard InChI is InChI=1S/C16H18F2N4O3/c1-21(2)16(24)10-7-9(5-6-13(10)25-4)19-15(23)12-8-11(14(17)18)20-22(12)3/h5-8,14H,1-4H3,(H,19,23). The van der Waals surface area contributed by atoms with Gasteiger partial charge in [0, 0.05) is 26.8 Å². The van der Waals surface area contributed by atoms with E-state index < -0.39 is 18.0 Å². The molecule has 0 spiro atoms. The third-order valence-electron chi connectivity index (χ3n) is 3.45. The van der Waals surface area contributed by atoms with Crippen LogP contribution in [-0.2, 0) is 7.05 Å². The van der Waals surface area contributed by atoms with Crippen LogP contribution >= 0.6 is 0 Å². The Morgan fingerprint density at radius 2 is 1.96 bits per heavy atom. The molecule has 0 bridgehead atoms. The number of rotatable bonds is 5. The molecule has 0 aliphatic rings. The first-order chi connectivity index (χ1) is 11.7. The van der Waals surface area contributed by atoms with Gasteiger partial charge in [-0.05, 0) is 24.3 Å². The summed E-state index contributed by atoms with van der Waals surface area (Å²) < 4.78 is 31.6. The minimum Gasteiger partial charge on any atom is -0.496 e. The number of halogens is 2. The lowest BCUT2D eigenvalue weighted by molar-refractivity contribution is 0.0823. The Bertz CT molecular complexity index is 803. The third-order valence-corrected chi connectivity index (χ3v) is 3.45. The van der Waals surface area contributed by atoms with Crippen molar-refractivity contribution in [2.75, 3.05) is 26.5 Å². The number of amides is 2. The van der Waals surface area contributed by atoms with Gasteiger partial charge in [0.25, 0.3) is 18.2 Å². The predicted molar refractivity (Wildman–Crippen MR) is 87.1 cm³/mol. The van der Waals surface area contributed by atoms with E-state index in [1.807, 2.05) is 0 Å². The van der Waals surface area contributed by atoms with Gasteiger partial charge in [-0.15, -0.1) is 0 Å². The van der Waals surface area contributed by atoms with Crippen LogP contribution in [0.1, 0.15) is 33.0 Å². The van der Waals surface area contributed by atoms with Crippen LogP contribution < -0.4 is 10.1 Å². The van der Waals surface area contributed by atoms with Gasteiger partial charge in [-0.2, -0.15) is 5.10 Å². The molecular formula is C16H18F2N4O3. The van der Waals surface area contributed by atoms with Gasteiger partial charge in [0.15, 0.2) is 0 Å². The molecule has 0 atom stereocenters. The number of nitrogens with one attached hydrogen (secondary N) is 1. The molecule has 1 aromatic heterocycles. The summed E-state index contributed by atoms with van der Waals surface area (Å²) in [7, 11) is 6.01. The van der Waals surface area contributed by atoms with E-state index in [1.54, 1.807) is 26.2 Å². The van der Waals surface area contributed by atoms with Gasteiger partial charge in [0.2, 0.25) is 0 Å². The number of anilines is 1. The van der Waals surface area contributed by atoms with Crippen molar-refractivity contribution in [2.24, 2.45) is 7.05 Å². The molecule has 0 aliphatic heterocycles. The van der Waals surface area contributed by atoms with E-state index in [0.717, 1.165) is 10.7 Å². The maximum Gasteiger partial charge on any atom is 0.282 e. The Labute approximate surface area is 143 Å². The summed E-state index contributed by atoms with van der Waals surface area (Å²) in [5.74, 6) is -0.555. The molecule has 9 heteroatoms. The first-order valence-corrected chi connectivity index (χ1v) is 7.27. The minimum absolute atomic E-state index is 0.0217. The van der Waals surface area contributed by atoms with Gasteiger partial charge in [-0.25, -0.2) is 8.78 Å². The van der Waals surface area contributed by atoms with E-state index in [-0.39, 0.29) is 17.2 Å². The number of ether oxygens (including phenoxy) is 1. The smallest absolute Gasteiger partial charge is 0.282 e. The number of alkyl halides is 2. The molecule has 0 unspecified atom stereocenters.